The van der Waals surface area contributed by atoms with Crippen LogP contribution in [0.4, 0.5) is 13.2 Å². The van der Waals surface area contributed by atoms with Crippen molar-refractivity contribution >= 4 is 22.6 Å². The van der Waals surface area contributed by atoms with Gasteiger partial charge in [0.05, 0.1) is 6.42 Å². The van der Waals surface area contributed by atoms with E-state index < -0.39 is 12.6 Å². The largest absolute Gasteiger partial charge is 0.390 e. The molecule has 4 heteroatoms. The molecule has 0 N–H and O–H groups in total. The lowest BCUT2D eigenvalue weighted by molar-refractivity contribution is -0.133. The molecule has 0 rings (SSSR count). The summed E-state index contributed by atoms with van der Waals surface area (Å²) in [5, 5.41) is 0. The normalized spacial score (nSPS) is 15.7. The van der Waals surface area contributed by atoms with Gasteiger partial charge in [-0.3, -0.25) is 0 Å². The Bertz CT molecular complexity index is 78.8. The van der Waals surface area contributed by atoms with Gasteiger partial charge in [-0.2, -0.15) is 13.2 Å². The Morgan fingerprint density at radius 1 is 1.44 bits per heavy atom. The maximum Gasteiger partial charge on any atom is 0.390 e. The standard InChI is InChI=1S/C5H8F3I/c1-2-4(9)3-5(6,7)8/h4H,2-3H2,1H3. The van der Waals surface area contributed by atoms with Crippen LogP contribution >= 0.6 is 22.6 Å². The maximum atomic E-state index is 11.5. The van der Waals surface area contributed by atoms with Crippen molar-refractivity contribution in [1.29, 1.82) is 0 Å². The molecule has 0 nitrogen and oxygen atoms in total. The van der Waals surface area contributed by atoms with E-state index in [4.69, 9.17) is 0 Å². The first kappa shape index (κ1) is 9.52. The zero-order valence-electron chi connectivity index (χ0n) is 5.00. The lowest BCUT2D eigenvalue weighted by atomic mass is 10.2. The number of hydrogen-bond donors (Lipinski definition) is 0. The first-order chi connectivity index (χ1) is 3.95. The highest BCUT2D eigenvalue weighted by molar-refractivity contribution is 14.1. The fourth-order valence-electron chi connectivity index (χ4n) is 0.395. The molecule has 0 radical (unpaired) electrons. The molecular weight excluding hydrogens is 244 g/mol. The Morgan fingerprint density at radius 3 is 2.00 bits per heavy atom. The summed E-state index contributed by atoms with van der Waals surface area (Å²) in [7, 11) is 0. The highest BCUT2D eigenvalue weighted by atomic mass is 127. The molecule has 1 atom stereocenters. The second kappa shape index (κ2) is 3.63. The van der Waals surface area contributed by atoms with E-state index in [0.29, 0.717) is 6.42 Å². The van der Waals surface area contributed by atoms with Crippen molar-refractivity contribution in [2.24, 2.45) is 0 Å². The van der Waals surface area contributed by atoms with E-state index in [-0.39, 0.29) is 3.92 Å². The Morgan fingerprint density at radius 2 is 1.89 bits per heavy atom. The van der Waals surface area contributed by atoms with E-state index in [2.05, 4.69) is 0 Å². The minimum Gasteiger partial charge on any atom is -0.171 e. The van der Waals surface area contributed by atoms with Crippen molar-refractivity contribution in [3.8, 4) is 0 Å². The van der Waals surface area contributed by atoms with Crippen molar-refractivity contribution < 1.29 is 13.2 Å². The van der Waals surface area contributed by atoms with E-state index in [1.807, 2.05) is 22.6 Å². The molecule has 1 unspecified atom stereocenters. The summed E-state index contributed by atoms with van der Waals surface area (Å²) in [6.07, 6.45) is -4.06. The van der Waals surface area contributed by atoms with Crippen LogP contribution in [-0.2, 0) is 0 Å². The average molecular weight is 252 g/mol. The Labute approximate surface area is 66.0 Å². The molecule has 0 heterocycles. The lowest BCUT2D eigenvalue weighted by Gasteiger charge is -2.08. The summed E-state index contributed by atoms with van der Waals surface area (Å²) < 4.78 is 34.2. The van der Waals surface area contributed by atoms with Gasteiger partial charge in [-0.25, -0.2) is 0 Å². The predicted octanol–water partition coefficient (Wildman–Crippen LogP) is 3.15. The third kappa shape index (κ3) is 6.40. The molecule has 0 aromatic carbocycles. The zero-order chi connectivity index (χ0) is 7.49. The van der Waals surface area contributed by atoms with Gasteiger partial charge in [-0.05, 0) is 6.42 Å². The van der Waals surface area contributed by atoms with Crippen LogP contribution in [0, 0.1) is 0 Å². The molecule has 0 saturated heterocycles. The second-order valence-corrected chi connectivity index (χ2v) is 3.59. The third-order valence-electron chi connectivity index (χ3n) is 0.896. The van der Waals surface area contributed by atoms with Gasteiger partial charge in [-0.15, -0.1) is 0 Å². The van der Waals surface area contributed by atoms with E-state index in [0.717, 1.165) is 0 Å². The van der Waals surface area contributed by atoms with E-state index in [1.54, 1.807) is 6.92 Å². The molecule has 0 amide bonds. The van der Waals surface area contributed by atoms with Crippen LogP contribution in [0.1, 0.15) is 19.8 Å². The van der Waals surface area contributed by atoms with Crippen LogP contribution in [0.15, 0.2) is 0 Å². The topological polar surface area (TPSA) is 0 Å². The van der Waals surface area contributed by atoms with Crippen LogP contribution in [0.25, 0.3) is 0 Å². The SMILES string of the molecule is CCC(I)CC(F)(F)F. The minimum atomic E-state index is -3.98. The van der Waals surface area contributed by atoms with Gasteiger partial charge in [0, 0.05) is 3.92 Å². The van der Waals surface area contributed by atoms with Gasteiger partial charge in [0.25, 0.3) is 0 Å². The highest BCUT2D eigenvalue weighted by Gasteiger charge is 2.29. The summed E-state index contributed by atoms with van der Waals surface area (Å²) in [4.78, 5) is 0. The van der Waals surface area contributed by atoms with Crippen LogP contribution in [0.2, 0.25) is 0 Å². The maximum absolute atomic E-state index is 11.5. The van der Waals surface area contributed by atoms with Gasteiger partial charge in [0.1, 0.15) is 0 Å². The van der Waals surface area contributed by atoms with Gasteiger partial charge in [-0.1, -0.05) is 29.5 Å². The Kier molecular flexibility index (Phi) is 3.84. The van der Waals surface area contributed by atoms with Crippen molar-refractivity contribution in [2.45, 2.75) is 29.9 Å². The second-order valence-electron chi connectivity index (χ2n) is 1.82. The van der Waals surface area contributed by atoms with Crippen molar-refractivity contribution in [1.82, 2.24) is 0 Å². The fraction of sp³-hybridized carbons (Fsp3) is 1.00. The minimum absolute atomic E-state index is 0.261. The average Bonchev–Trinajstić information content (AvgIpc) is 1.62. The monoisotopic (exact) mass is 252 g/mol. The number of halogens is 4. The number of rotatable bonds is 2. The van der Waals surface area contributed by atoms with Crippen molar-refractivity contribution in [2.75, 3.05) is 0 Å². The molecule has 0 aliphatic rings. The summed E-state index contributed by atoms with van der Waals surface area (Å²) in [5.41, 5.74) is 0. The van der Waals surface area contributed by atoms with Crippen LogP contribution in [0.5, 0.6) is 0 Å². The van der Waals surface area contributed by atoms with Gasteiger partial charge < -0.3 is 0 Å². The molecule has 0 saturated carbocycles. The molecule has 0 aliphatic carbocycles. The molecular formula is C5H8F3I. The highest BCUT2D eigenvalue weighted by Crippen LogP contribution is 2.26. The van der Waals surface area contributed by atoms with Crippen LogP contribution in [-0.4, -0.2) is 10.1 Å². The Balaban J connectivity index is 3.47. The van der Waals surface area contributed by atoms with Crippen LogP contribution in [0.3, 0.4) is 0 Å². The van der Waals surface area contributed by atoms with Crippen molar-refractivity contribution in [3.63, 3.8) is 0 Å². The summed E-state index contributed by atoms with van der Waals surface area (Å²) >= 11 is 1.81. The smallest absolute Gasteiger partial charge is 0.171 e. The summed E-state index contributed by atoms with van der Waals surface area (Å²) in [6.45, 7) is 1.75. The zero-order valence-corrected chi connectivity index (χ0v) is 7.16. The fourth-order valence-corrected chi connectivity index (χ4v) is 0.895. The molecule has 9 heavy (non-hydrogen) atoms. The van der Waals surface area contributed by atoms with E-state index >= 15 is 0 Å². The molecule has 0 fully saturated rings. The molecule has 0 spiro atoms. The van der Waals surface area contributed by atoms with E-state index in [1.165, 1.54) is 0 Å². The Hall–Kier alpha value is 0.520. The molecule has 56 valence electrons. The molecule has 0 bridgehead atoms. The van der Waals surface area contributed by atoms with Gasteiger partial charge in [0.15, 0.2) is 0 Å². The summed E-state index contributed by atoms with van der Waals surface area (Å²) in [6, 6.07) is 0. The number of alkyl halides is 4. The van der Waals surface area contributed by atoms with Crippen LogP contribution < -0.4 is 0 Å². The number of hydrogen-bond acceptors (Lipinski definition) is 0. The quantitative estimate of drug-likeness (QED) is 0.523. The van der Waals surface area contributed by atoms with Gasteiger partial charge in [0.2, 0.25) is 0 Å². The van der Waals surface area contributed by atoms with Crippen molar-refractivity contribution in [3.05, 3.63) is 0 Å². The van der Waals surface area contributed by atoms with Gasteiger partial charge >= 0.3 is 6.18 Å². The lowest BCUT2D eigenvalue weighted by Crippen LogP contribution is -2.13. The third-order valence-corrected chi connectivity index (χ3v) is 2.22. The molecule has 0 aliphatic heterocycles. The predicted molar refractivity (Wildman–Crippen MR) is 38.8 cm³/mol. The molecule has 0 aromatic rings. The summed E-state index contributed by atoms with van der Waals surface area (Å²) in [5.74, 6) is 0. The first-order valence-corrected chi connectivity index (χ1v) is 3.91. The van der Waals surface area contributed by atoms with E-state index in [9.17, 15) is 13.2 Å². The first-order valence-electron chi connectivity index (χ1n) is 2.66. The molecule has 0 aromatic heterocycles.